The van der Waals surface area contributed by atoms with E-state index in [2.05, 4.69) is 0 Å². The maximum atomic E-state index is 10.8. The molecule has 13 heavy (non-hydrogen) atoms. The van der Waals surface area contributed by atoms with Gasteiger partial charge in [-0.05, 0) is 6.42 Å². The summed E-state index contributed by atoms with van der Waals surface area (Å²) in [5.74, 6) is 0. The highest BCUT2D eigenvalue weighted by Crippen LogP contribution is 2.48. The molecule has 3 aliphatic rings. The Morgan fingerprint density at radius 1 is 1.31 bits per heavy atom. The molecule has 2 bridgehead atoms. The molecule has 3 saturated heterocycles. The van der Waals surface area contributed by atoms with Crippen LogP contribution in [0.2, 0.25) is 0 Å². The van der Waals surface area contributed by atoms with Crippen LogP contribution in [-0.2, 0) is 18.8 Å². The van der Waals surface area contributed by atoms with Gasteiger partial charge in [-0.2, -0.15) is 0 Å². The van der Waals surface area contributed by atoms with Gasteiger partial charge in [0.15, 0.2) is 0 Å². The van der Waals surface area contributed by atoms with Gasteiger partial charge in [-0.15, -0.1) is 0 Å². The molecule has 0 N–H and O–H groups in total. The minimum Gasteiger partial charge on any atom is -0.589 e. The topological polar surface area (TPSA) is 67.8 Å². The van der Waals surface area contributed by atoms with E-state index < -0.39 is 13.7 Å². The first kappa shape index (κ1) is 9.49. The monoisotopic (exact) mass is 206 g/mol. The molecule has 0 aromatic heterocycles. The lowest BCUT2D eigenvalue weighted by atomic mass is 9.87. The lowest BCUT2D eigenvalue weighted by Crippen LogP contribution is -2.58. The SMILES string of the molecule is CCC12COC([P+](=O)[O-])(OC1)OC2. The summed E-state index contributed by atoms with van der Waals surface area (Å²) < 4.78 is 26.0. The zero-order valence-corrected chi connectivity index (χ0v) is 8.21. The maximum absolute atomic E-state index is 10.8. The maximum Gasteiger partial charge on any atom is 0.495 e. The summed E-state index contributed by atoms with van der Waals surface area (Å²) in [6.45, 7) is 3.19. The third kappa shape index (κ3) is 1.32. The van der Waals surface area contributed by atoms with Gasteiger partial charge in [0, 0.05) is 5.41 Å². The van der Waals surface area contributed by atoms with Crippen molar-refractivity contribution in [3.8, 4) is 0 Å². The molecule has 3 rings (SSSR count). The van der Waals surface area contributed by atoms with Gasteiger partial charge in [0.2, 0.25) is 0 Å². The largest absolute Gasteiger partial charge is 0.589 e. The Labute approximate surface area is 76.8 Å². The van der Waals surface area contributed by atoms with E-state index in [0.29, 0.717) is 19.8 Å². The molecule has 0 spiro atoms. The number of ether oxygens (including phenoxy) is 3. The molecular weight excluding hydrogens is 195 g/mol. The van der Waals surface area contributed by atoms with Crippen LogP contribution in [0.1, 0.15) is 13.3 Å². The van der Waals surface area contributed by atoms with Gasteiger partial charge in [0.05, 0.1) is 19.8 Å². The Bertz CT molecular complexity index is 217. The lowest BCUT2D eigenvalue weighted by Gasteiger charge is -2.46. The van der Waals surface area contributed by atoms with Crippen molar-refractivity contribution in [2.75, 3.05) is 19.8 Å². The molecule has 5 nitrogen and oxygen atoms in total. The molecule has 0 aromatic rings. The van der Waals surface area contributed by atoms with Crippen LogP contribution in [0, 0.1) is 5.41 Å². The van der Waals surface area contributed by atoms with Crippen LogP contribution in [0.4, 0.5) is 0 Å². The number of rotatable bonds is 2. The second-order valence-electron chi connectivity index (χ2n) is 3.50. The fourth-order valence-electron chi connectivity index (χ4n) is 1.45. The van der Waals surface area contributed by atoms with Gasteiger partial charge in [-0.3, -0.25) is 14.2 Å². The highest BCUT2D eigenvalue weighted by molar-refractivity contribution is 7.37. The van der Waals surface area contributed by atoms with Crippen molar-refractivity contribution in [2.24, 2.45) is 5.41 Å². The van der Waals surface area contributed by atoms with Crippen molar-refractivity contribution in [1.82, 2.24) is 0 Å². The first-order chi connectivity index (χ1) is 6.13. The van der Waals surface area contributed by atoms with E-state index in [1.54, 1.807) is 0 Å². The molecule has 1 atom stereocenters. The molecule has 0 aromatic carbocycles. The van der Waals surface area contributed by atoms with E-state index in [1.807, 2.05) is 6.92 Å². The first-order valence-electron chi connectivity index (χ1n) is 4.19. The molecule has 6 heteroatoms. The van der Waals surface area contributed by atoms with E-state index in [0.717, 1.165) is 6.42 Å². The van der Waals surface area contributed by atoms with Crippen LogP contribution in [0.5, 0.6) is 0 Å². The van der Waals surface area contributed by atoms with Gasteiger partial charge in [-0.25, -0.2) is 0 Å². The lowest BCUT2D eigenvalue weighted by molar-refractivity contribution is -0.435. The average molecular weight is 206 g/mol. The van der Waals surface area contributed by atoms with Crippen LogP contribution in [0.25, 0.3) is 0 Å². The van der Waals surface area contributed by atoms with Crippen molar-refractivity contribution in [3.63, 3.8) is 0 Å². The smallest absolute Gasteiger partial charge is 0.495 e. The van der Waals surface area contributed by atoms with Gasteiger partial charge in [0.1, 0.15) is 0 Å². The van der Waals surface area contributed by atoms with Crippen LogP contribution >= 0.6 is 8.03 Å². The van der Waals surface area contributed by atoms with Gasteiger partial charge < -0.3 is 4.89 Å². The molecule has 0 aliphatic carbocycles. The number of fused-ring (bicyclic) bond motifs is 3. The molecule has 1 unspecified atom stereocenters. The van der Waals surface area contributed by atoms with E-state index >= 15 is 0 Å². The molecule has 3 heterocycles. The van der Waals surface area contributed by atoms with Crippen LogP contribution in [0.3, 0.4) is 0 Å². The predicted molar refractivity (Wildman–Crippen MR) is 40.9 cm³/mol. The second kappa shape index (κ2) is 2.97. The zero-order valence-electron chi connectivity index (χ0n) is 7.32. The van der Waals surface area contributed by atoms with Crippen molar-refractivity contribution < 1.29 is 23.7 Å². The Morgan fingerprint density at radius 3 is 2.08 bits per heavy atom. The average Bonchev–Trinajstić information content (AvgIpc) is 2.20. The second-order valence-corrected chi connectivity index (χ2v) is 4.56. The van der Waals surface area contributed by atoms with Crippen molar-refractivity contribution >= 4 is 8.03 Å². The Hall–Kier alpha value is -0.0600. The number of hydrogen-bond donors (Lipinski definition) is 0. The van der Waals surface area contributed by atoms with Crippen molar-refractivity contribution in [1.29, 1.82) is 0 Å². The third-order valence-electron chi connectivity index (χ3n) is 2.66. The summed E-state index contributed by atoms with van der Waals surface area (Å²) in [4.78, 5) is 10.8. The van der Waals surface area contributed by atoms with E-state index in [9.17, 15) is 9.46 Å². The number of hydrogen-bond acceptors (Lipinski definition) is 5. The molecule has 3 fully saturated rings. The Morgan fingerprint density at radius 2 is 1.77 bits per heavy atom. The first-order valence-corrected chi connectivity index (χ1v) is 5.37. The fourth-order valence-corrected chi connectivity index (χ4v) is 1.96. The van der Waals surface area contributed by atoms with Crippen LogP contribution in [-0.4, -0.2) is 25.5 Å². The van der Waals surface area contributed by atoms with Crippen LogP contribution < -0.4 is 4.89 Å². The highest BCUT2D eigenvalue weighted by Gasteiger charge is 2.61. The summed E-state index contributed by atoms with van der Waals surface area (Å²) in [7, 11) is -2.86. The van der Waals surface area contributed by atoms with E-state index in [-0.39, 0.29) is 5.41 Å². The quantitative estimate of drug-likeness (QED) is 0.602. The fraction of sp³-hybridized carbons (Fsp3) is 1.00. The van der Waals surface area contributed by atoms with Gasteiger partial charge in [0.25, 0.3) is 0 Å². The molecular formula is C7H11O5P. The summed E-state index contributed by atoms with van der Waals surface area (Å²) in [6, 6.07) is 0. The zero-order chi connectivity index (χ0) is 9.53. The predicted octanol–water partition coefficient (Wildman–Crippen LogP) is 0.174. The Kier molecular flexibility index (Phi) is 2.17. The van der Waals surface area contributed by atoms with Gasteiger partial charge >= 0.3 is 13.7 Å². The highest BCUT2D eigenvalue weighted by atomic mass is 31.1. The van der Waals surface area contributed by atoms with E-state index in [1.165, 1.54) is 0 Å². The summed E-state index contributed by atoms with van der Waals surface area (Å²) in [5, 5.41) is 0. The molecule has 0 radical (unpaired) electrons. The molecule has 0 saturated carbocycles. The van der Waals surface area contributed by atoms with Crippen molar-refractivity contribution in [2.45, 2.75) is 19.1 Å². The van der Waals surface area contributed by atoms with Gasteiger partial charge in [-0.1, -0.05) is 11.5 Å². The molecule has 74 valence electrons. The molecule has 0 amide bonds. The van der Waals surface area contributed by atoms with Crippen molar-refractivity contribution in [3.05, 3.63) is 0 Å². The normalized spacial score (nSPS) is 44.9. The summed E-state index contributed by atoms with van der Waals surface area (Å²) in [5.41, 5.74) is -1.93. The summed E-state index contributed by atoms with van der Waals surface area (Å²) >= 11 is 0. The molecule has 3 aliphatic heterocycles. The van der Waals surface area contributed by atoms with E-state index in [4.69, 9.17) is 14.2 Å². The Balaban J connectivity index is 2.16. The van der Waals surface area contributed by atoms with Crippen LogP contribution in [0.15, 0.2) is 0 Å². The minimum absolute atomic E-state index is 0.146. The minimum atomic E-state index is -2.86. The summed E-state index contributed by atoms with van der Waals surface area (Å²) in [6.07, 6.45) is 0.860. The standard InChI is InChI=1S/C7H11O5P/c1-2-6-3-10-7(11-4-6,12-5-6)13(8)9/h2-5H2,1H3. The third-order valence-corrected chi connectivity index (χ3v) is 3.49.